The van der Waals surface area contributed by atoms with Crippen LogP contribution >= 0.6 is 0 Å². The average Bonchev–Trinajstić information content (AvgIpc) is 3.18. The summed E-state index contributed by atoms with van der Waals surface area (Å²) in [7, 11) is 0. The van der Waals surface area contributed by atoms with E-state index in [-0.39, 0.29) is 48.6 Å². The van der Waals surface area contributed by atoms with Crippen LogP contribution in [0.3, 0.4) is 0 Å². The Morgan fingerprint density at radius 3 is 2.15 bits per heavy atom. The lowest BCUT2D eigenvalue weighted by Crippen LogP contribution is -2.47. The van der Waals surface area contributed by atoms with Gasteiger partial charge in [0, 0.05) is 50.9 Å². The van der Waals surface area contributed by atoms with E-state index in [1.54, 1.807) is 0 Å². The molecule has 0 aromatic carbocycles. The van der Waals surface area contributed by atoms with Crippen molar-refractivity contribution in [1.29, 1.82) is 0 Å². The first-order valence-electron chi connectivity index (χ1n) is 9.97. The van der Waals surface area contributed by atoms with Crippen molar-refractivity contribution in [2.45, 2.75) is 57.8 Å². The van der Waals surface area contributed by atoms with Gasteiger partial charge in [-0.2, -0.15) is 0 Å². The Balaban J connectivity index is 1.52. The standard InChI is InChI=1S/C19H29N3O4/c23-16-8-5-9-17(24)22(16)13-10-20-18(25)14-6-1-2-7-15(14)19(26)21-11-3-4-12-21/h14-15H,1-13H2,(H,20,25). The van der Waals surface area contributed by atoms with Gasteiger partial charge in [0.05, 0.1) is 0 Å². The van der Waals surface area contributed by atoms with Gasteiger partial charge >= 0.3 is 0 Å². The highest BCUT2D eigenvalue weighted by atomic mass is 16.2. The Morgan fingerprint density at radius 1 is 0.885 bits per heavy atom. The first kappa shape index (κ1) is 18.9. The number of nitrogens with zero attached hydrogens (tertiary/aromatic N) is 2. The number of nitrogens with one attached hydrogen (secondary N) is 1. The van der Waals surface area contributed by atoms with Crippen LogP contribution in [-0.4, -0.2) is 59.6 Å². The molecule has 4 amide bonds. The van der Waals surface area contributed by atoms with Crippen LogP contribution in [0.25, 0.3) is 0 Å². The highest BCUT2D eigenvalue weighted by molar-refractivity contribution is 5.97. The lowest BCUT2D eigenvalue weighted by atomic mass is 9.78. The summed E-state index contributed by atoms with van der Waals surface area (Å²) in [6.07, 6.45) is 6.97. The lowest BCUT2D eigenvalue weighted by molar-refractivity contribution is -0.148. The van der Waals surface area contributed by atoms with E-state index in [0.717, 1.165) is 51.6 Å². The number of rotatable bonds is 5. The van der Waals surface area contributed by atoms with E-state index in [0.29, 0.717) is 19.3 Å². The van der Waals surface area contributed by atoms with Crippen molar-refractivity contribution < 1.29 is 19.2 Å². The fourth-order valence-electron chi connectivity index (χ4n) is 4.38. The number of hydrogen-bond donors (Lipinski definition) is 1. The normalized spacial score (nSPS) is 26.9. The fourth-order valence-corrected chi connectivity index (χ4v) is 4.38. The van der Waals surface area contributed by atoms with Gasteiger partial charge in [0.1, 0.15) is 0 Å². The minimum atomic E-state index is -0.287. The molecule has 3 aliphatic rings. The summed E-state index contributed by atoms with van der Waals surface area (Å²) in [6, 6.07) is 0. The summed E-state index contributed by atoms with van der Waals surface area (Å²) in [5, 5.41) is 2.86. The fraction of sp³-hybridized carbons (Fsp3) is 0.789. The molecule has 1 saturated carbocycles. The van der Waals surface area contributed by atoms with Crippen LogP contribution in [0, 0.1) is 11.8 Å². The molecule has 2 aliphatic heterocycles. The van der Waals surface area contributed by atoms with Crippen LogP contribution in [0.5, 0.6) is 0 Å². The van der Waals surface area contributed by atoms with Crippen molar-refractivity contribution in [3.63, 3.8) is 0 Å². The molecule has 26 heavy (non-hydrogen) atoms. The maximum Gasteiger partial charge on any atom is 0.229 e. The second-order valence-corrected chi connectivity index (χ2v) is 7.61. The third kappa shape index (κ3) is 4.24. The molecule has 144 valence electrons. The molecule has 2 atom stereocenters. The minimum absolute atomic E-state index is 0.112. The monoisotopic (exact) mass is 363 g/mol. The first-order chi connectivity index (χ1) is 12.6. The van der Waals surface area contributed by atoms with Gasteiger partial charge in [0.25, 0.3) is 0 Å². The predicted molar refractivity (Wildman–Crippen MR) is 94.8 cm³/mol. The summed E-state index contributed by atoms with van der Waals surface area (Å²) in [4.78, 5) is 52.2. The molecule has 1 N–H and O–H groups in total. The van der Waals surface area contributed by atoms with E-state index >= 15 is 0 Å². The SMILES string of the molecule is O=C(NCCN1C(=O)CCCC1=O)C1CCCCC1C(=O)N1CCCC1. The number of likely N-dealkylation sites (tertiary alicyclic amines) is 2. The number of hydrogen-bond acceptors (Lipinski definition) is 4. The molecule has 1 aliphatic carbocycles. The molecule has 0 aromatic rings. The molecule has 2 unspecified atom stereocenters. The van der Waals surface area contributed by atoms with Crippen molar-refractivity contribution in [1.82, 2.24) is 15.1 Å². The van der Waals surface area contributed by atoms with Crippen molar-refractivity contribution in [2.75, 3.05) is 26.2 Å². The van der Waals surface area contributed by atoms with Gasteiger partial charge in [-0.05, 0) is 32.1 Å². The highest BCUT2D eigenvalue weighted by Gasteiger charge is 2.38. The Bertz CT molecular complexity index is 555. The number of carbonyl (C=O) groups excluding carboxylic acids is 4. The van der Waals surface area contributed by atoms with Crippen molar-refractivity contribution >= 4 is 23.6 Å². The zero-order chi connectivity index (χ0) is 18.5. The van der Waals surface area contributed by atoms with Gasteiger partial charge in [-0.15, -0.1) is 0 Å². The largest absolute Gasteiger partial charge is 0.354 e. The summed E-state index contributed by atoms with van der Waals surface area (Å²) >= 11 is 0. The zero-order valence-electron chi connectivity index (χ0n) is 15.4. The molecule has 0 aromatic heterocycles. The van der Waals surface area contributed by atoms with E-state index < -0.39 is 0 Å². The molecule has 2 heterocycles. The van der Waals surface area contributed by atoms with Gasteiger partial charge in [0.15, 0.2) is 0 Å². The topological polar surface area (TPSA) is 86.8 Å². The molecule has 0 radical (unpaired) electrons. The van der Waals surface area contributed by atoms with Gasteiger partial charge in [-0.1, -0.05) is 12.8 Å². The molecule has 3 rings (SSSR count). The van der Waals surface area contributed by atoms with E-state index in [2.05, 4.69) is 5.32 Å². The van der Waals surface area contributed by atoms with E-state index in [9.17, 15) is 19.2 Å². The van der Waals surface area contributed by atoms with E-state index in [4.69, 9.17) is 0 Å². The van der Waals surface area contributed by atoms with Crippen molar-refractivity contribution in [2.24, 2.45) is 11.8 Å². The first-order valence-corrected chi connectivity index (χ1v) is 9.97. The van der Waals surface area contributed by atoms with Crippen LogP contribution < -0.4 is 5.32 Å². The molecule has 7 heteroatoms. The minimum Gasteiger partial charge on any atom is -0.354 e. The highest BCUT2D eigenvalue weighted by Crippen LogP contribution is 2.32. The maximum absolute atomic E-state index is 12.8. The predicted octanol–water partition coefficient (Wildman–Crippen LogP) is 1.07. The van der Waals surface area contributed by atoms with Crippen molar-refractivity contribution in [3.05, 3.63) is 0 Å². The number of carbonyl (C=O) groups is 4. The molecule has 3 fully saturated rings. The summed E-state index contributed by atoms with van der Waals surface area (Å²) in [5.41, 5.74) is 0. The summed E-state index contributed by atoms with van der Waals surface area (Å²) in [6.45, 7) is 2.10. The van der Waals surface area contributed by atoms with Crippen LogP contribution in [0.4, 0.5) is 0 Å². The summed E-state index contributed by atoms with van der Waals surface area (Å²) in [5.74, 6) is -0.807. The number of amides is 4. The van der Waals surface area contributed by atoms with E-state index in [1.807, 2.05) is 4.90 Å². The van der Waals surface area contributed by atoms with E-state index in [1.165, 1.54) is 4.90 Å². The molecular formula is C19H29N3O4. The van der Waals surface area contributed by atoms with Crippen LogP contribution in [-0.2, 0) is 19.2 Å². The Hall–Kier alpha value is -1.92. The Kier molecular flexibility index (Phi) is 6.27. The number of piperidine rings is 1. The maximum atomic E-state index is 12.8. The van der Waals surface area contributed by atoms with Crippen LogP contribution in [0.15, 0.2) is 0 Å². The molecular weight excluding hydrogens is 334 g/mol. The van der Waals surface area contributed by atoms with Gasteiger partial charge < -0.3 is 10.2 Å². The quantitative estimate of drug-likeness (QED) is 0.740. The zero-order valence-corrected chi connectivity index (χ0v) is 15.4. The average molecular weight is 363 g/mol. The smallest absolute Gasteiger partial charge is 0.229 e. The third-order valence-corrected chi connectivity index (χ3v) is 5.86. The number of imide groups is 1. The van der Waals surface area contributed by atoms with Crippen LogP contribution in [0.1, 0.15) is 57.8 Å². The second kappa shape index (κ2) is 8.64. The van der Waals surface area contributed by atoms with Crippen molar-refractivity contribution in [3.8, 4) is 0 Å². The summed E-state index contributed by atoms with van der Waals surface area (Å²) < 4.78 is 0. The third-order valence-electron chi connectivity index (χ3n) is 5.86. The molecule has 0 spiro atoms. The second-order valence-electron chi connectivity index (χ2n) is 7.61. The Labute approximate surface area is 154 Å². The Morgan fingerprint density at radius 2 is 1.50 bits per heavy atom. The lowest BCUT2D eigenvalue weighted by Gasteiger charge is -2.32. The van der Waals surface area contributed by atoms with Gasteiger partial charge in [0.2, 0.25) is 23.6 Å². The molecule has 2 saturated heterocycles. The molecule has 0 bridgehead atoms. The van der Waals surface area contributed by atoms with Gasteiger partial charge in [-0.3, -0.25) is 24.1 Å². The van der Waals surface area contributed by atoms with Crippen LogP contribution in [0.2, 0.25) is 0 Å². The molecule has 7 nitrogen and oxygen atoms in total. The van der Waals surface area contributed by atoms with Gasteiger partial charge in [-0.25, -0.2) is 0 Å².